The zero-order valence-corrected chi connectivity index (χ0v) is 19.4. The van der Waals surface area contributed by atoms with E-state index in [1.54, 1.807) is 24.3 Å². The predicted octanol–water partition coefficient (Wildman–Crippen LogP) is 3.80. The lowest BCUT2D eigenvalue weighted by Crippen LogP contribution is -2.30. The Morgan fingerprint density at radius 1 is 1.18 bits per heavy atom. The minimum Gasteiger partial charge on any atom is -0.495 e. The lowest BCUT2D eigenvalue weighted by atomic mass is 9.99. The van der Waals surface area contributed by atoms with Gasteiger partial charge in [-0.15, -0.1) is 0 Å². The topological polar surface area (TPSA) is 119 Å². The number of sulfonamides is 1. The first-order valence-corrected chi connectivity index (χ1v) is 12.4. The highest BCUT2D eigenvalue weighted by Crippen LogP contribution is 2.34. The van der Waals surface area contributed by atoms with E-state index < -0.39 is 14.9 Å². The lowest BCUT2D eigenvalue weighted by molar-refractivity contribution is -0.384. The van der Waals surface area contributed by atoms with Gasteiger partial charge in [-0.1, -0.05) is 23.8 Å². The van der Waals surface area contributed by atoms with E-state index in [0.717, 1.165) is 29.8 Å². The quantitative estimate of drug-likeness (QED) is 0.336. The zero-order valence-electron chi connectivity index (χ0n) is 18.6. The van der Waals surface area contributed by atoms with Gasteiger partial charge in [0.25, 0.3) is 11.6 Å². The summed E-state index contributed by atoms with van der Waals surface area (Å²) in [4.78, 5) is 23.1. The number of hydrogen-bond acceptors (Lipinski definition) is 6. The molecule has 1 aliphatic carbocycles. The summed E-state index contributed by atoms with van der Waals surface area (Å²) in [6.07, 6.45) is 7.57. The Morgan fingerprint density at radius 2 is 1.91 bits per heavy atom. The van der Waals surface area contributed by atoms with E-state index in [1.165, 1.54) is 37.3 Å². The maximum Gasteiger partial charge on any atom is 0.271 e. The molecule has 176 valence electrons. The summed E-state index contributed by atoms with van der Waals surface area (Å²) in [5.74, 6) is -0.00705. The molecule has 9 nitrogen and oxygen atoms in total. The third-order valence-electron chi connectivity index (χ3n) is 5.45. The minimum absolute atomic E-state index is 0.0665. The molecule has 0 fully saturated rings. The van der Waals surface area contributed by atoms with Crippen LogP contribution in [0, 0.1) is 10.1 Å². The van der Waals surface area contributed by atoms with Crippen molar-refractivity contribution in [3.63, 3.8) is 0 Å². The van der Waals surface area contributed by atoms with Crippen LogP contribution in [0.1, 0.15) is 41.6 Å². The molecule has 0 aromatic heterocycles. The number of non-ortho nitro benzene ring substituents is 1. The maximum absolute atomic E-state index is 12.5. The number of ether oxygens (including phenoxy) is 1. The van der Waals surface area contributed by atoms with Crippen molar-refractivity contribution in [3.8, 4) is 5.75 Å². The Morgan fingerprint density at radius 3 is 2.48 bits per heavy atom. The molecule has 3 rings (SSSR count). The molecule has 0 bridgehead atoms. The van der Waals surface area contributed by atoms with Crippen molar-refractivity contribution in [3.05, 3.63) is 75.4 Å². The second-order valence-corrected chi connectivity index (χ2v) is 9.78. The zero-order chi connectivity index (χ0) is 24.0. The third-order valence-corrected chi connectivity index (χ3v) is 6.57. The highest BCUT2D eigenvalue weighted by molar-refractivity contribution is 7.92. The molecule has 2 aromatic carbocycles. The number of carbonyl (C=O) groups excluding carboxylic acids is 1. The maximum atomic E-state index is 12.5. The Balaban J connectivity index is 1.78. The number of hydrogen-bond donors (Lipinski definition) is 1. The van der Waals surface area contributed by atoms with E-state index >= 15 is 0 Å². The third kappa shape index (κ3) is 6.32. The lowest BCUT2D eigenvalue weighted by Gasteiger charge is -2.24. The van der Waals surface area contributed by atoms with Gasteiger partial charge in [-0.25, -0.2) is 8.42 Å². The van der Waals surface area contributed by atoms with E-state index in [9.17, 15) is 23.3 Å². The van der Waals surface area contributed by atoms with Crippen LogP contribution < -0.4 is 14.4 Å². The van der Waals surface area contributed by atoms with Gasteiger partial charge in [0.05, 0.1) is 24.8 Å². The molecule has 0 heterocycles. The monoisotopic (exact) mass is 473 g/mol. The number of amides is 1. The first kappa shape index (κ1) is 24.2. The van der Waals surface area contributed by atoms with E-state index in [-0.39, 0.29) is 29.6 Å². The van der Waals surface area contributed by atoms with Crippen molar-refractivity contribution in [2.45, 2.75) is 32.2 Å². The van der Waals surface area contributed by atoms with Crippen molar-refractivity contribution >= 4 is 27.3 Å². The van der Waals surface area contributed by atoms with Crippen LogP contribution in [-0.4, -0.2) is 39.2 Å². The Kier molecular flexibility index (Phi) is 7.70. The second-order valence-electron chi connectivity index (χ2n) is 7.87. The van der Waals surface area contributed by atoms with Gasteiger partial charge in [0.2, 0.25) is 10.0 Å². The van der Waals surface area contributed by atoms with Crippen LogP contribution in [0.25, 0.3) is 0 Å². The summed E-state index contributed by atoms with van der Waals surface area (Å²) < 4.78 is 31.3. The molecule has 0 saturated carbocycles. The molecule has 0 aliphatic heterocycles. The standard InChI is InChI=1S/C23H27N3O6S/c1-32-22-13-12-20(26(28)29)14-21(22)25(33(2,30)31)16-18-8-10-19(11-9-18)23(27)24-15-17-6-4-3-5-7-17/h6,8-14H,3-5,7,15-16H2,1-2H3,(H,24,27). The van der Waals surface area contributed by atoms with Crippen LogP contribution >= 0.6 is 0 Å². The number of carbonyl (C=O) groups is 1. The molecule has 0 unspecified atom stereocenters. The number of nitro benzene ring substituents is 1. The Bertz CT molecular complexity index is 1160. The van der Waals surface area contributed by atoms with E-state index in [4.69, 9.17) is 4.74 Å². The number of allylic oxidation sites excluding steroid dienone is 1. The van der Waals surface area contributed by atoms with Crippen LogP contribution in [0.2, 0.25) is 0 Å². The van der Waals surface area contributed by atoms with Gasteiger partial charge in [-0.2, -0.15) is 0 Å². The van der Waals surface area contributed by atoms with Crippen molar-refractivity contribution in [2.24, 2.45) is 0 Å². The molecular formula is C23H27N3O6S. The van der Waals surface area contributed by atoms with Gasteiger partial charge in [0, 0.05) is 24.2 Å². The van der Waals surface area contributed by atoms with Crippen LogP contribution in [0.5, 0.6) is 5.75 Å². The summed E-state index contributed by atoms with van der Waals surface area (Å²) in [7, 11) is -2.43. The first-order chi connectivity index (χ1) is 15.7. The predicted molar refractivity (Wildman–Crippen MR) is 126 cm³/mol. The fourth-order valence-electron chi connectivity index (χ4n) is 3.66. The van der Waals surface area contributed by atoms with Crippen LogP contribution in [-0.2, 0) is 16.6 Å². The largest absolute Gasteiger partial charge is 0.495 e. The molecule has 1 amide bonds. The van der Waals surface area contributed by atoms with Crippen molar-refractivity contribution in [1.29, 1.82) is 0 Å². The summed E-state index contributed by atoms with van der Waals surface area (Å²) in [5.41, 5.74) is 2.13. The number of methoxy groups -OCH3 is 1. The molecule has 0 atom stereocenters. The van der Waals surface area contributed by atoms with Crippen LogP contribution in [0.15, 0.2) is 54.1 Å². The van der Waals surface area contributed by atoms with Gasteiger partial charge >= 0.3 is 0 Å². The number of nitrogens with one attached hydrogen (secondary N) is 1. The molecule has 0 saturated heterocycles. The summed E-state index contributed by atoms with van der Waals surface area (Å²) in [5, 5.41) is 14.1. The SMILES string of the molecule is COc1ccc([N+](=O)[O-])cc1N(Cc1ccc(C(=O)NCC2=CCCCC2)cc1)S(C)(=O)=O. The average Bonchev–Trinajstić information content (AvgIpc) is 2.81. The van der Waals surface area contributed by atoms with Gasteiger partial charge in [-0.3, -0.25) is 19.2 Å². The molecule has 1 N–H and O–H groups in total. The Hall–Kier alpha value is -3.40. The molecular weight excluding hydrogens is 446 g/mol. The molecule has 2 aromatic rings. The fourth-order valence-corrected chi connectivity index (χ4v) is 4.54. The van der Waals surface area contributed by atoms with Crippen LogP contribution in [0.3, 0.4) is 0 Å². The minimum atomic E-state index is -3.79. The Labute approximate surface area is 193 Å². The van der Waals surface area contributed by atoms with E-state index in [0.29, 0.717) is 17.7 Å². The molecule has 33 heavy (non-hydrogen) atoms. The highest BCUT2D eigenvalue weighted by Gasteiger charge is 2.24. The molecule has 0 radical (unpaired) electrons. The van der Waals surface area contributed by atoms with Gasteiger partial charge < -0.3 is 10.1 Å². The normalized spacial score (nSPS) is 13.7. The summed E-state index contributed by atoms with van der Waals surface area (Å²) in [6.45, 7) is 0.445. The molecule has 10 heteroatoms. The number of benzene rings is 2. The summed E-state index contributed by atoms with van der Waals surface area (Å²) >= 11 is 0. The van der Waals surface area contributed by atoms with Gasteiger partial charge in [0.15, 0.2) is 0 Å². The second kappa shape index (κ2) is 10.5. The first-order valence-electron chi connectivity index (χ1n) is 10.5. The fraction of sp³-hybridized carbons (Fsp3) is 0.348. The van der Waals surface area contributed by atoms with Crippen LogP contribution in [0.4, 0.5) is 11.4 Å². The number of nitrogens with zero attached hydrogens (tertiary/aromatic N) is 2. The van der Waals surface area contributed by atoms with Gasteiger partial charge in [-0.05, 0) is 49.4 Å². The van der Waals surface area contributed by atoms with E-state index in [2.05, 4.69) is 11.4 Å². The number of rotatable bonds is 9. The molecule has 1 aliphatic rings. The van der Waals surface area contributed by atoms with Crippen molar-refractivity contribution in [1.82, 2.24) is 5.32 Å². The highest BCUT2D eigenvalue weighted by atomic mass is 32.2. The van der Waals surface area contributed by atoms with Gasteiger partial charge in [0.1, 0.15) is 11.4 Å². The average molecular weight is 474 g/mol. The summed E-state index contributed by atoms with van der Waals surface area (Å²) in [6, 6.07) is 10.4. The van der Waals surface area contributed by atoms with Crippen molar-refractivity contribution in [2.75, 3.05) is 24.2 Å². The van der Waals surface area contributed by atoms with E-state index in [1.807, 2.05) is 0 Å². The smallest absolute Gasteiger partial charge is 0.271 e. The number of nitro groups is 1. The number of anilines is 1. The van der Waals surface area contributed by atoms with Crippen molar-refractivity contribution < 1.29 is 22.9 Å². The molecule has 0 spiro atoms.